The molecule has 0 bridgehead atoms. The molecule has 0 unspecified atom stereocenters. The number of rotatable bonds is 9. The number of thioether (sulfide) groups is 1. The summed E-state index contributed by atoms with van der Waals surface area (Å²) < 4.78 is 5.16. The minimum absolute atomic E-state index is 0.190. The molecule has 0 saturated carbocycles. The van der Waals surface area contributed by atoms with E-state index in [9.17, 15) is 14.4 Å². The Balaban J connectivity index is 1.65. The van der Waals surface area contributed by atoms with Crippen LogP contribution in [0, 0.1) is 0 Å². The van der Waals surface area contributed by atoms with Crippen LogP contribution in [0.5, 0.6) is 0 Å². The summed E-state index contributed by atoms with van der Waals surface area (Å²) in [4.78, 5) is 41.3. The molecule has 0 fully saturated rings. The maximum atomic E-state index is 13.5. The van der Waals surface area contributed by atoms with Crippen LogP contribution in [-0.4, -0.2) is 24.4 Å². The Morgan fingerprint density at radius 3 is 2.19 bits per heavy atom. The van der Waals surface area contributed by atoms with Gasteiger partial charge in [0.15, 0.2) is 0 Å². The molecular weight excluding hydrogens is 496 g/mol. The van der Waals surface area contributed by atoms with Gasteiger partial charge in [0, 0.05) is 15.6 Å². The quantitative estimate of drug-likeness (QED) is 0.258. The number of imide groups is 1. The maximum absolute atomic E-state index is 13.5. The van der Waals surface area contributed by atoms with E-state index in [1.54, 1.807) is 48.5 Å². The van der Waals surface area contributed by atoms with Gasteiger partial charge >= 0.3 is 5.97 Å². The molecule has 0 atom stereocenters. The molecule has 36 heavy (non-hydrogen) atoms. The fraction of sp³-hybridized carbons (Fsp3) is 0.179. The predicted molar refractivity (Wildman–Crippen MR) is 143 cm³/mol. The number of anilines is 2. The van der Waals surface area contributed by atoms with Crippen molar-refractivity contribution in [3.8, 4) is 0 Å². The minimum Gasteiger partial charge on any atom is -0.462 e. The van der Waals surface area contributed by atoms with Crippen molar-refractivity contribution in [3.05, 3.63) is 99.5 Å². The van der Waals surface area contributed by atoms with Gasteiger partial charge < -0.3 is 10.1 Å². The lowest BCUT2D eigenvalue weighted by atomic mass is 10.1. The van der Waals surface area contributed by atoms with E-state index in [4.69, 9.17) is 16.3 Å². The van der Waals surface area contributed by atoms with Crippen molar-refractivity contribution in [2.45, 2.75) is 31.6 Å². The molecule has 0 aromatic heterocycles. The van der Waals surface area contributed by atoms with E-state index >= 15 is 0 Å². The van der Waals surface area contributed by atoms with Crippen LogP contribution in [0.2, 0.25) is 5.02 Å². The van der Waals surface area contributed by atoms with Gasteiger partial charge in [0.05, 0.1) is 17.9 Å². The van der Waals surface area contributed by atoms with Crippen LogP contribution >= 0.6 is 23.4 Å². The molecule has 0 radical (unpaired) electrons. The number of carbonyl (C=O) groups excluding carboxylic acids is 3. The summed E-state index contributed by atoms with van der Waals surface area (Å²) in [5.41, 5.74) is 2.77. The van der Waals surface area contributed by atoms with E-state index in [0.717, 1.165) is 22.6 Å². The lowest BCUT2D eigenvalue weighted by molar-refractivity contribution is -0.120. The van der Waals surface area contributed by atoms with E-state index in [0.29, 0.717) is 28.6 Å². The van der Waals surface area contributed by atoms with Crippen molar-refractivity contribution in [3.63, 3.8) is 0 Å². The number of hydrogen-bond donors (Lipinski definition) is 1. The molecule has 184 valence electrons. The summed E-state index contributed by atoms with van der Waals surface area (Å²) in [6, 6.07) is 21.0. The summed E-state index contributed by atoms with van der Waals surface area (Å²) in [6.45, 7) is 4.31. The molecule has 8 heteroatoms. The van der Waals surface area contributed by atoms with Crippen LogP contribution in [-0.2, 0) is 20.7 Å². The molecule has 6 nitrogen and oxygen atoms in total. The normalized spacial score (nSPS) is 13.4. The van der Waals surface area contributed by atoms with Crippen LogP contribution in [0.3, 0.4) is 0 Å². The van der Waals surface area contributed by atoms with Gasteiger partial charge in [-0.15, -0.1) is 0 Å². The molecule has 4 rings (SSSR count). The molecular formula is C28H25ClN2O4S. The van der Waals surface area contributed by atoms with Crippen molar-refractivity contribution in [2.75, 3.05) is 16.8 Å². The highest BCUT2D eigenvalue weighted by atomic mass is 35.5. The average Bonchev–Trinajstić information content (AvgIpc) is 3.12. The number of nitrogens with zero attached hydrogens (tertiary/aromatic N) is 1. The minimum atomic E-state index is -0.475. The molecule has 3 aromatic rings. The molecule has 1 aliphatic heterocycles. The first kappa shape index (κ1) is 25.5. The van der Waals surface area contributed by atoms with Crippen LogP contribution in [0.1, 0.15) is 36.2 Å². The van der Waals surface area contributed by atoms with Crippen LogP contribution in [0.15, 0.2) is 88.3 Å². The first-order valence-electron chi connectivity index (χ1n) is 11.6. The first-order chi connectivity index (χ1) is 17.4. The molecule has 0 saturated heterocycles. The summed E-state index contributed by atoms with van der Waals surface area (Å²) >= 11 is 7.21. The molecule has 0 spiro atoms. The highest BCUT2D eigenvalue weighted by Gasteiger charge is 2.40. The Bertz CT molecular complexity index is 1300. The summed E-state index contributed by atoms with van der Waals surface area (Å²) in [7, 11) is 0. The number of aryl methyl sites for hydroxylation is 1. The van der Waals surface area contributed by atoms with E-state index < -0.39 is 17.8 Å². The fourth-order valence-electron chi connectivity index (χ4n) is 3.56. The van der Waals surface area contributed by atoms with Crippen molar-refractivity contribution in [1.82, 2.24) is 0 Å². The predicted octanol–water partition coefficient (Wildman–Crippen LogP) is 6.46. The van der Waals surface area contributed by atoms with E-state index in [1.165, 1.54) is 17.3 Å². The van der Waals surface area contributed by atoms with Gasteiger partial charge in [-0.1, -0.05) is 49.3 Å². The molecule has 2 amide bonds. The maximum Gasteiger partial charge on any atom is 0.338 e. The van der Waals surface area contributed by atoms with Crippen molar-refractivity contribution < 1.29 is 19.1 Å². The second-order valence-electron chi connectivity index (χ2n) is 8.06. The van der Waals surface area contributed by atoms with Crippen LogP contribution < -0.4 is 10.2 Å². The number of hydrogen-bond acceptors (Lipinski definition) is 6. The lowest BCUT2D eigenvalue weighted by Crippen LogP contribution is -2.32. The number of amides is 2. The van der Waals surface area contributed by atoms with Crippen LogP contribution in [0.25, 0.3) is 0 Å². The van der Waals surface area contributed by atoms with Gasteiger partial charge in [-0.25, -0.2) is 9.69 Å². The molecule has 1 heterocycles. The highest BCUT2D eigenvalue weighted by molar-refractivity contribution is 8.04. The molecule has 0 aliphatic carbocycles. The smallest absolute Gasteiger partial charge is 0.338 e. The first-order valence-corrected chi connectivity index (χ1v) is 12.8. The van der Waals surface area contributed by atoms with Gasteiger partial charge in [0.2, 0.25) is 0 Å². The number of carbonyl (C=O) groups is 3. The van der Waals surface area contributed by atoms with E-state index in [2.05, 4.69) is 12.2 Å². The third-order valence-electron chi connectivity index (χ3n) is 5.50. The fourth-order valence-corrected chi connectivity index (χ4v) is 4.62. The second kappa shape index (κ2) is 11.5. The topological polar surface area (TPSA) is 75.7 Å². The SMILES string of the molecule is CCCOC(=O)c1ccc(N2C(=O)C(Nc3ccc(CC)cc3)=C(Sc3ccc(Cl)cc3)C2=O)cc1. The second-order valence-corrected chi connectivity index (χ2v) is 9.58. The number of esters is 1. The number of benzene rings is 3. The Morgan fingerprint density at radius 2 is 1.58 bits per heavy atom. The standard InChI is InChI=1S/C28H25ClN2O4S/c1-3-17-35-28(34)19-7-13-22(14-8-19)31-26(32)24(30-21-11-5-18(4-2)6-12-21)25(27(31)33)36-23-15-9-20(29)10-16-23/h5-16,30H,3-4,17H2,1-2H3. The van der Waals surface area contributed by atoms with Gasteiger partial charge in [-0.05, 0) is 79.1 Å². The largest absolute Gasteiger partial charge is 0.462 e. The van der Waals surface area contributed by atoms with Gasteiger partial charge in [0.1, 0.15) is 10.6 Å². The zero-order valence-electron chi connectivity index (χ0n) is 19.9. The molecule has 1 aliphatic rings. The Kier molecular flexibility index (Phi) is 8.13. The third kappa shape index (κ3) is 5.64. The zero-order valence-corrected chi connectivity index (χ0v) is 21.5. The van der Waals surface area contributed by atoms with Crippen molar-refractivity contribution >= 4 is 52.5 Å². The Labute approximate surface area is 219 Å². The van der Waals surface area contributed by atoms with Gasteiger partial charge in [-0.3, -0.25) is 9.59 Å². The monoisotopic (exact) mass is 520 g/mol. The third-order valence-corrected chi connectivity index (χ3v) is 6.85. The number of halogens is 1. The Hall–Kier alpha value is -3.55. The summed E-state index contributed by atoms with van der Waals surface area (Å²) in [6.07, 6.45) is 1.62. The van der Waals surface area contributed by atoms with Gasteiger partial charge in [-0.2, -0.15) is 0 Å². The number of ether oxygens (including phenoxy) is 1. The molecule has 1 N–H and O–H groups in total. The Morgan fingerprint density at radius 1 is 0.917 bits per heavy atom. The lowest BCUT2D eigenvalue weighted by Gasteiger charge is -2.16. The summed E-state index contributed by atoms with van der Waals surface area (Å²) in [5.74, 6) is -1.37. The van der Waals surface area contributed by atoms with Crippen molar-refractivity contribution in [1.29, 1.82) is 0 Å². The van der Waals surface area contributed by atoms with Crippen molar-refractivity contribution in [2.24, 2.45) is 0 Å². The van der Waals surface area contributed by atoms with E-state index in [1.807, 2.05) is 31.2 Å². The summed E-state index contributed by atoms with van der Waals surface area (Å²) in [5, 5.41) is 3.73. The number of nitrogens with one attached hydrogen (secondary N) is 1. The zero-order chi connectivity index (χ0) is 25.7. The molecule has 3 aromatic carbocycles. The average molecular weight is 521 g/mol. The van der Waals surface area contributed by atoms with Crippen LogP contribution in [0.4, 0.5) is 11.4 Å². The van der Waals surface area contributed by atoms with E-state index in [-0.39, 0.29) is 10.6 Å². The highest BCUT2D eigenvalue weighted by Crippen LogP contribution is 2.38. The van der Waals surface area contributed by atoms with Gasteiger partial charge in [0.25, 0.3) is 11.8 Å².